The molecule has 6 heteroatoms. The molecule has 0 saturated carbocycles. The van der Waals surface area contributed by atoms with E-state index in [1.165, 1.54) is 11.8 Å². The fraction of sp³-hybridized carbons (Fsp3) is 0.714. The van der Waals surface area contributed by atoms with Crippen molar-refractivity contribution in [2.24, 2.45) is 5.73 Å². The number of nitrogens with zero attached hydrogens (tertiary/aromatic N) is 1. The summed E-state index contributed by atoms with van der Waals surface area (Å²) < 4.78 is 5.56. The first-order chi connectivity index (χ1) is 9.14. The summed E-state index contributed by atoms with van der Waals surface area (Å²) in [5, 5.41) is 4.06. The lowest BCUT2D eigenvalue weighted by molar-refractivity contribution is -0.124. The SMILES string of the molecule is Cc1nc(SC(C)CC(C)(NC(C)C)C(N)=O)oc1C. The summed E-state index contributed by atoms with van der Waals surface area (Å²) in [7, 11) is 0. The Morgan fingerprint density at radius 1 is 1.45 bits per heavy atom. The minimum absolute atomic E-state index is 0.163. The number of nitrogens with one attached hydrogen (secondary N) is 1. The van der Waals surface area contributed by atoms with Crippen molar-refractivity contribution < 1.29 is 9.21 Å². The smallest absolute Gasteiger partial charge is 0.256 e. The normalized spacial score (nSPS) is 16.1. The Bertz CT molecular complexity index is 453. The Labute approximate surface area is 125 Å². The molecule has 0 aliphatic heterocycles. The zero-order chi connectivity index (χ0) is 15.5. The molecule has 0 bridgehead atoms. The van der Waals surface area contributed by atoms with Crippen LogP contribution in [-0.2, 0) is 4.79 Å². The van der Waals surface area contributed by atoms with Gasteiger partial charge in [0.15, 0.2) is 0 Å². The van der Waals surface area contributed by atoms with Gasteiger partial charge in [-0.05, 0) is 41.0 Å². The number of oxazole rings is 1. The van der Waals surface area contributed by atoms with Crippen LogP contribution in [0.3, 0.4) is 0 Å². The molecule has 1 aromatic heterocycles. The Kier molecular flexibility index (Phi) is 5.65. The van der Waals surface area contributed by atoms with E-state index in [9.17, 15) is 4.79 Å². The molecule has 5 nitrogen and oxygen atoms in total. The number of primary amides is 1. The second-order valence-electron chi connectivity index (χ2n) is 5.75. The Morgan fingerprint density at radius 3 is 2.45 bits per heavy atom. The van der Waals surface area contributed by atoms with Crippen LogP contribution < -0.4 is 11.1 Å². The minimum atomic E-state index is -0.725. The number of carbonyl (C=O) groups excluding carboxylic acids is 1. The van der Waals surface area contributed by atoms with Gasteiger partial charge in [0.1, 0.15) is 5.76 Å². The van der Waals surface area contributed by atoms with Crippen molar-refractivity contribution in [3.8, 4) is 0 Å². The number of carbonyl (C=O) groups is 1. The maximum atomic E-state index is 11.7. The van der Waals surface area contributed by atoms with Crippen molar-refractivity contribution >= 4 is 17.7 Å². The maximum Gasteiger partial charge on any atom is 0.256 e. The van der Waals surface area contributed by atoms with E-state index in [1.54, 1.807) is 0 Å². The van der Waals surface area contributed by atoms with E-state index in [-0.39, 0.29) is 17.2 Å². The second-order valence-corrected chi connectivity index (χ2v) is 7.14. The Hall–Kier alpha value is -1.01. The molecule has 1 heterocycles. The van der Waals surface area contributed by atoms with Gasteiger partial charge in [-0.1, -0.05) is 18.7 Å². The molecule has 114 valence electrons. The first-order valence-corrected chi connectivity index (χ1v) is 7.70. The molecule has 0 aromatic carbocycles. The van der Waals surface area contributed by atoms with Gasteiger partial charge in [0, 0.05) is 11.3 Å². The average molecular weight is 299 g/mol. The number of rotatable bonds is 7. The quantitative estimate of drug-likeness (QED) is 0.756. The van der Waals surface area contributed by atoms with E-state index in [2.05, 4.69) is 10.3 Å². The van der Waals surface area contributed by atoms with Gasteiger partial charge >= 0.3 is 0 Å². The zero-order valence-electron chi connectivity index (χ0n) is 13.1. The summed E-state index contributed by atoms with van der Waals surface area (Å²) in [5.74, 6) is 0.496. The summed E-state index contributed by atoms with van der Waals surface area (Å²) in [5.41, 5.74) is 5.72. The van der Waals surface area contributed by atoms with Crippen LogP contribution in [0.1, 0.15) is 45.6 Å². The largest absolute Gasteiger partial charge is 0.437 e. The van der Waals surface area contributed by atoms with Gasteiger partial charge in [0.2, 0.25) is 5.91 Å². The van der Waals surface area contributed by atoms with Gasteiger partial charge < -0.3 is 15.5 Å². The highest BCUT2D eigenvalue weighted by molar-refractivity contribution is 7.99. The molecule has 1 aromatic rings. The van der Waals surface area contributed by atoms with Crippen molar-refractivity contribution in [2.45, 2.75) is 70.0 Å². The summed E-state index contributed by atoms with van der Waals surface area (Å²) in [6.07, 6.45) is 0.617. The summed E-state index contributed by atoms with van der Waals surface area (Å²) in [6, 6.07) is 0.191. The standard InChI is InChI=1S/C14H25N3O2S/c1-8(2)17-14(6,12(15)18)7-9(3)20-13-16-10(4)11(5)19-13/h8-9,17H,7H2,1-6H3,(H2,15,18). The number of thioether (sulfide) groups is 1. The minimum Gasteiger partial charge on any atom is -0.437 e. The lowest BCUT2D eigenvalue weighted by atomic mass is 9.94. The van der Waals surface area contributed by atoms with Crippen LogP contribution in [0.4, 0.5) is 0 Å². The third-order valence-corrected chi connectivity index (χ3v) is 4.10. The van der Waals surface area contributed by atoms with Crippen LogP contribution in [0.25, 0.3) is 0 Å². The second kappa shape index (κ2) is 6.63. The number of hydrogen-bond acceptors (Lipinski definition) is 5. The summed E-state index contributed by atoms with van der Waals surface area (Å²) in [4.78, 5) is 16.1. The van der Waals surface area contributed by atoms with Gasteiger partial charge in [-0.3, -0.25) is 4.79 Å². The lowest BCUT2D eigenvalue weighted by Crippen LogP contribution is -2.56. The molecular formula is C14H25N3O2S. The number of aryl methyl sites for hydroxylation is 2. The van der Waals surface area contributed by atoms with E-state index >= 15 is 0 Å². The molecule has 2 atom stereocenters. The molecule has 2 unspecified atom stereocenters. The van der Waals surface area contributed by atoms with E-state index in [0.29, 0.717) is 11.6 Å². The van der Waals surface area contributed by atoms with Crippen LogP contribution >= 0.6 is 11.8 Å². The van der Waals surface area contributed by atoms with E-state index in [0.717, 1.165) is 11.5 Å². The monoisotopic (exact) mass is 299 g/mol. The highest BCUT2D eigenvalue weighted by Crippen LogP contribution is 2.29. The fourth-order valence-electron chi connectivity index (χ4n) is 2.15. The van der Waals surface area contributed by atoms with Crippen LogP contribution in [0.15, 0.2) is 9.64 Å². The van der Waals surface area contributed by atoms with Crippen molar-refractivity contribution in [1.82, 2.24) is 10.3 Å². The maximum absolute atomic E-state index is 11.7. The van der Waals surface area contributed by atoms with Crippen molar-refractivity contribution in [2.75, 3.05) is 0 Å². The molecule has 0 spiro atoms. The van der Waals surface area contributed by atoms with Crippen molar-refractivity contribution in [3.63, 3.8) is 0 Å². The molecule has 0 saturated heterocycles. The molecule has 0 fully saturated rings. The predicted molar refractivity (Wildman–Crippen MR) is 81.8 cm³/mol. The van der Waals surface area contributed by atoms with E-state index in [1.807, 2.05) is 41.5 Å². The molecular weight excluding hydrogens is 274 g/mol. The molecule has 0 aliphatic carbocycles. The van der Waals surface area contributed by atoms with Gasteiger partial charge in [-0.15, -0.1) is 0 Å². The summed E-state index contributed by atoms with van der Waals surface area (Å²) >= 11 is 1.52. The highest BCUT2D eigenvalue weighted by Gasteiger charge is 2.33. The first-order valence-electron chi connectivity index (χ1n) is 6.82. The van der Waals surface area contributed by atoms with E-state index in [4.69, 9.17) is 10.2 Å². The summed E-state index contributed by atoms with van der Waals surface area (Å²) in [6.45, 7) is 11.7. The molecule has 0 radical (unpaired) electrons. The predicted octanol–water partition coefficient (Wildman–Crippen LogP) is 2.40. The van der Waals surface area contributed by atoms with Crippen LogP contribution in [0.5, 0.6) is 0 Å². The van der Waals surface area contributed by atoms with Gasteiger partial charge in [0.05, 0.1) is 11.2 Å². The van der Waals surface area contributed by atoms with Gasteiger partial charge in [-0.2, -0.15) is 0 Å². The molecule has 1 rings (SSSR count). The molecule has 1 amide bonds. The third kappa shape index (κ3) is 4.52. The van der Waals surface area contributed by atoms with E-state index < -0.39 is 5.54 Å². The number of hydrogen-bond donors (Lipinski definition) is 2. The van der Waals surface area contributed by atoms with Crippen LogP contribution in [0, 0.1) is 13.8 Å². The van der Waals surface area contributed by atoms with Gasteiger partial charge in [0.25, 0.3) is 5.22 Å². The molecule has 3 N–H and O–H groups in total. The van der Waals surface area contributed by atoms with Crippen LogP contribution in [-0.4, -0.2) is 27.7 Å². The fourth-order valence-corrected chi connectivity index (χ4v) is 3.27. The number of nitrogens with two attached hydrogens (primary N) is 1. The van der Waals surface area contributed by atoms with Crippen LogP contribution in [0.2, 0.25) is 0 Å². The Balaban J connectivity index is 2.71. The third-order valence-electron chi connectivity index (χ3n) is 3.16. The van der Waals surface area contributed by atoms with Crippen molar-refractivity contribution in [1.29, 1.82) is 0 Å². The number of aromatic nitrogens is 1. The molecule has 0 aliphatic rings. The van der Waals surface area contributed by atoms with Crippen molar-refractivity contribution in [3.05, 3.63) is 11.5 Å². The topological polar surface area (TPSA) is 81.1 Å². The van der Waals surface area contributed by atoms with Gasteiger partial charge in [-0.25, -0.2) is 4.98 Å². The molecule has 20 heavy (non-hydrogen) atoms. The zero-order valence-corrected chi connectivity index (χ0v) is 13.9. The Morgan fingerprint density at radius 2 is 2.05 bits per heavy atom. The number of amides is 1. The lowest BCUT2D eigenvalue weighted by Gasteiger charge is -2.31. The highest BCUT2D eigenvalue weighted by atomic mass is 32.2. The first kappa shape index (κ1) is 17.0. The average Bonchev–Trinajstić information content (AvgIpc) is 2.55.